The Morgan fingerprint density at radius 3 is 2.17 bits per heavy atom. The summed E-state index contributed by atoms with van der Waals surface area (Å²) in [5, 5.41) is 10.6. The van der Waals surface area contributed by atoms with Crippen molar-refractivity contribution < 1.29 is 28.8 Å². The van der Waals surface area contributed by atoms with Gasteiger partial charge in [0.2, 0.25) is 0 Å². The monoisotopic (exact) mass is 161 g/mol. The molecule has 3 saturated heterocycles. The molecule has 2 bridgehead atoms. The molecule has 3 nitrogen and oxygen atoms in total. The van der Waals surface area contributed by atoms with Gasteiger partial charge in [0.05, 0.1) is 0 Å². The summed E-state index contributed by atoms with van der Waals surface area (Å²) in [5.74, 6) is -0.623. The minimum Gasteiger partial charge on any atom is -0.550 e. The zero-order chi connectivity index (χ0) is 7.84. The summed E-state index contributed by atoms with van der Waals surface area (Å²) in [6, 6.07) is 0. The second-order valence-corrected chi connectivity index (χ2v) is 3.56. The Morgan fingerprint density at radius 1 is 1.33 bits per heavy atom. The number of hydrogen-bond acceptors (Lipinski definition) is 3. The minimum absolute atomic E-state index is 0. The zero-order valence-corrected chi connectivity index (χ0v) is 7.45. The summed E-state index contributed by atoms with van der Waals surface area (Å²) in [6.45, 7) is 2.91. The predicted octanol–water partition coefficient (Wildman–Crippen LogP) is -3.92. The van der Waals surface area contributed by atoms with Crippen LogP contribution in [0, 0.1) is 11.8 Å². The van der Waals surface area contributed by atoms with Gasteiger partial charge in [0.25, 0.3) is 0 Å². The van der Waals surface area contributed by atoms with Gasteiger partial charge in [0.15, 0.2) is 0 Å². The van der Waals surface area contributed by atoms with Crippen molar-refractivity contribution in [2.24, 2.45) is 11.8 Å². The third-order valence-corrected chi connectivity index (χ3v) is 2.96. The summed E-state index contributed by atoms with van der Waals surface area (Å²) in [7, 11) is 0. The van der Waals surface area contributed by atoms with Gasteiger partial charge < -0.3 is 14.8 Å². The van der Waals surface area contributed by atoms with E-state index < -0.39 is 5.97 Å². The van der Waals surface area contributed by atoms with Gasteiger partial charge in [0.1, 0.15) is 0 Å². The van der Waals surface area contributed by atoms with E-state index in [1.54, 1.807) is 0 Å². The van der Waals surface area contributed by atoms with Gasteiger partial charge >= 0.3 is 18.9 Å². The van der Waals surface area contributed by atoms with Crippen LogP contribution in [0.1, 0.15) is 12.8 Å². The first kappa shape index (κ1) is 10.1. The summed E-state index contributed by atoms with van der Waals surface area (Å²) >= 11 is 0. The summed E-state index contributed by atoms with van der Waals surface area (Å²) in [4.78, 5) is 12.8. The SMILES string of the molecule is O=C([O-])C1CN2CCC1CC2.[Li+]. The fraction of sp³-hybridized carbons (Fsp3) is 0.875. The molecule has 0 aromatic carbocycles. The van der Waals surface area contributed by atoms with Gasteiger partial charge in [-0.1, -0.05) is 0 Å². The molecule has 0 aliphatic carbocycles. The van der Waals surface area contributed by atoms with Crippen molar-refractivity contribution in [2.75, 3.05) is 19.6 Å². The van der Waals surface area contributed by atoms with Gasteiger partial charge in [-0.3, -0.25) is 0 Å². The number of fused-ring (bicyclic) bond motifs is 3. The van der Waals surface area contributed by atoms with Gasteiger partial charge in [-0.15, -0.1) is 0 Å². The van der Waals surface area contributed by atoms with Crippen molar-refractivity contribution in [1.29, 1.82) is 0 Å². The smallest absolute Gasteiger partial charge is 0.550 e. The molecular weight excluding hydrogens is 149 g/mol. The minimum atomic E-state index is -0.848. The van der Waals surface area contributed by atoms with Crippen LogP contribution in [0.4, 0.5) is 0 Å². The maximum absolute atomic E-state index is 10.6. The Morgan fingerprint density at radius 2 is 1.92 bits per heavy atom. The van der Waals surface area contributed by atoms with E-state index >= 15 is 0 Å². The van der Waals surface area contributed by atoms with Crippen LogP contribution in [0.3, 0.4) is 0 Å². The second-order valence-electron chi connectivity index (χ2n) is 3.56. The molecule has 3 heterocycles. The van der Waals surface area contributed by atoms with Gasteiger partial charge in [-0.05, 0) is 31.8 Å². The Labute approximate surface area is 84.3 Å². The first-order valence-corrected chi connectivity index (χ1v) is 4.20. The molecule has 0 amide bonds. The summed E-state index contributed by atoms with van der Waals surface area (Å²) < 4.78 is 0. The Hall–Kier alpha value is 0.0274. The number of hydrogen-bond donors (Lipinski definition) is 0. The number of carbonyl (C=O) groups excluding carboxylic acids is 1. The van der Waals surface area contributed by atoms with E-state index in [4.69, 9.17) is 0 Å². The van der Waals surface area contributed by atoms with Crippen molar-refractivity contribution in [3.8, 4) is 0 Å². The molecule has 1 unspecified atom stereocenters. The van der Waals surface area contributed by atoms with Crippen molar-refractivity contribution in [3.63, 3.8) is 0 Å². The topological polar surface area (TPSA) is 43.4 Å². The van der Waals surface area contributed by atoms with Gasteiger partial charge in [0, 0.05) is 18.4 Å². The van der Waals surface area contributed by atoms with E-state index in [2.05, 4.69) is 4.90 Å². The maximum Gasteiger partial charge on any atom is 1.00 e. The molecule has 3 fully saturated rings. The standard InChI is InChI=1S/C8H13NO2.Li/c10-8(11)7-5-9-3-1-6(7)2-4-9;/h6-7H,1-5H2,(H,10,11);/q;+1/p-1. The molecule has 1 atom stereocenters. The number of rotatable bonds is 1. The third-order valence-electron chi connectivity index (χ3n) is 2.96. The first-order valence-electron chi connectivity index (χ1n) is 4.20. The van der Waals surface area contributed by atoms with Gasteiger partial charge in [-0.2, -0.15) is 0 Å². The molecule has 3 aliphatic rings. The molecular formula is C8H12LiNO2. The summed E-state index contributed by atoms with van der Waals surface area (Å²) in [6.07, 6.45) is 2.11. The Bertz CT molecular complexity index is 178. The van der Waals surface area contributed by atoms with Crippen LogP contribution in [-0.4, -0.2) is 30.5 Å². The number of aliphatic carboxylic acids is 1. The number of carboxylic acids is 1. The van der Waals surface area contributed by atoms with Crippen molar-refractivity contribution >= 4 is 5.97 Å². The molecule has 0 spiro atoms. The summed E-state index contributed by atoms with van der Waals surface area (Å²) in [5.41, 5.74) is 0. The van der Waals surface area contributed by atoms with Crippen LogP contribution in [0.2, 0.25) is 0 Å². The number of nitrogens with zero attached hydrogens (tertiary/aromatic N) is 1. The van der Waals surface area contributed by atoms with Crippen molar-refractivity contribution in [2.45, 2.75) is 12.8 Å². The van der Waals surface area contributed by atoms with E-state index in [0.717, 1.165) is 32.5 Å². The first-order chi connectivity index (χ1) is 5.27. The fourth-order valence-corrected chi connectivity index (χ4v) is 2.23. The Kier molecular flexibility index (Phi) is 3.22. The van der Waals surface area contributed by atoms with E-state index in [9.17, 15) is 9.90 Å². The molecule has 0 N–H and O–H groups in total. The predicted molar refractivity (Wildman–Crippen MR) is 37.7 cm³/mol. The second kappa shape index (κ2) is 3.82. The molecule has 0 aromatic heterocycles. The molecule has 4 heteroatoms. The van der Waals surface area contributed by atoms with E-state index in [1.165, 1.54) is 0 Å². The van der Waals surface area contributed by atoms with Crippen LogP contribution in [0.5, 0.6) is 0 Å². The molecule has 3 aliphatic heterocycles. The number of carboxylic acid groups (broad SMARTS) is 1. The quantitative estimate of drug-likeness (QED) is 0.369. The fourth-order valence-electron chi connectivity index (χ4n) is 2.23. The van der Waals surface area contributed by atoms with Crippen molar-refractivity contribution in [3.05, 3.63) is 0 Å². The van der Waals surface area contributed by atoms with E-state index in [-0.39, 0.29) is 24.8 Å². The average molecular weight is 161 g/mol. The van der Waals surface area contributed by atoms with E-state index in [1.807, 2.05) is 0 Å². The van der Waals surface area contributed by atoms with Crippen LogP contribution < -0.4 is 24.0 Å². The molecule has 62 valence electrons. The normalized spacial score (nSPS) is 38.8. The third kappa shape index (κ3) is 1.68. The van der Waals surface area contributed by atoms with Crippen LogP contribution in [-0.2, 0) is 4.79 Å². The molecule has 12 heavy (non-hydrogen) atoms. The maximum atomic E-state index is 10.6. The van der Waals surface area contributed by atoms with Crippen LogP contribution >= 0.6 is 0 Å². The van der Waals surface area contributed by atoms with Gasteiger partial charge in [-0.25, -0.2) is 0 Å². The van der Waals surface area contributed by atoms with E-state index in [0.29, 0.717) is 5.92 Å². The molecule has 0 aromatic rings. The van der Waals surface area contributed by atoms with Crippen LogP contribution in [0.15, 0.2) is 0 Å². The largest absolute Gasteiger partial charge is 1.00 e. The number of piperidine rings is 3. The molecule has 3 rings (SSSR count). The average Bonchev–Trinajstić information content (AvgIpc) is 2.06. The molecule has 0 saturated carbocycles. The van der Waals surface area contributed by atoms with Crippen LogP contribution in [0.25, 0.3) is 0 Å². The Balaban J connectivity index is 0.000000720. The zero-order valence-electron chi connectivity index (χ0n) is 7.45. The molecule has 0 radical (unpaired) electrons. The number of carbonyl (C=O) groups is 1. The van der Waals surface area contributed by atoms with Crippen molar-refractivity contribution in [1.82, 2.24) is 4.90 Å².